The first kappa shape index (κ1) is 21.1. The minimum absolute atomic E-state index is 0.163. The van der Waals surface area contributed by atoms with Crippen LogP contribution in [0.1, 0.15) is 38.7 Å². The molecule has 2 heterocycles. The van der Waals surface area contributed by atoms with Crippen LogP contribution in [0.5, 0.6) is 0 Å². The number of ether oxygens (including phenoxy) is 1. The Morgan fingerprint density at radius 1 is 1.10 bits per heavy atom. The highest BCUT2D eigenvalue weighted by Crippen LogP contribution is 2.27. The van der Waals surface area contributed by atoms with Crippen LogP contribution >= 0.6 is 11.8 Å². The Morgan fingerprint density at radius 2 is 1.81 bits per heavy atom. The summed E-state index contributed by atoms with van der Waals surface area (Å²) < 4.78 is 8.23. The standard InChI is InChI=1S/C23H24N4O3S/c1-5-14(2)16-10-12-17(13-11-16)26-20(28)18-8-6-7-9-19(18)27-22(26)24-25-23(27)31-15(3)21(29)30-4/h6-15H,5H2,1-4H3. The molecule has 0 spiro atoms. The fourth-order valence-corrected chi connectivity index (χ4v) is 4.43. The Kier molecular flexibility index (Phi) is 5.82. The molecule has 0 N–H and O–H groups in total. The zero-order chi connectivity index (χ0) is 22.1. The molecule has 4 aromatic rings. The van der Waals surface area contributed by atoms with Crippen molar-refractivity contribution in [3.63, 3.8) is 0 Å². The Morgan fingerprint density at radius 3 is 2.48 bits per heavy atom. The third-order valence-electron chi connectivity index (χ3n) is 5.54. The van der Waals surface area contributed by atoms with Crippen molar-refractivity contribution in [2.24, 2.45) is 0 Å². The Balaban J connectivity index is 1.94. The summed E-state index contributed by atoms with van der Waals surface area (Å²) in [5.74, 6) is 0.498. The first-order valence-corrected chi connectivity index (χ1v) is 11.1. The Labute approximate surface area is 184 Å². The number of methoxy groups -OCH3 is 1. The summed E-state index contributed by atoms with van der Waals surface area (Å²) in [4.78, 5) is 25.3. The monoisotopic (exact) mass is 436 g/mol. The number of benzene rings is 2. The van der Waals surface area contributed by atoms with Crippen molar-refractivity contribution >= 4 is 34.4 Å². The molecule has 0 amide bonds. The third kappa shape index (κ3) is 3.72. The number of para-hydroxylation sites is 1. The van der Waals surface area contributed by atoms with E-state index < -0.39 is 5.25 Å². The van der Waals surface area contributed by atoms with Crippen molar-refractivity contribution in [2.45, 2.75) is 43.5 Å². The van der Waals surface area contributed by atoms with Crippen LogP contribution in [0.2, 0.25) is 0 Å². The molecule has 2 atom stereocenters. The van der Waals surface area contributed by atoms with Crippen molar-refractivity contribution in [2.75, 3.05) is 7.11 Å². The predicted octanol–water partition coefficient (Wildman–Crippen LogP) is 4.20. The number of nitrogens with zero attached hydrogens (tertiary/aromatic N) is 4. The number of esters is 1. The zero-order valence-corrected chi connectivity index (χ0v) is 18.7. The molecular formula is C23H24N4O3S. The van der Waals surface area contributed by atoms with E-state index in [1.165, 1.54) is 24.4 Å². The fourth-order valence-electron chi connectivity index (χ4n) is 3.55. The second kappa shape index (κ2) is 8.55. The third-order valence-corrected chi connectivity index (χ3v) is 6.56. The number of fused-ring (bicyclic) bond motifs is 3. The van der Waals surface area contributed by atoms with Gasteiger partial charge in [0.05, 0.1) is 23.7 Å². The summed E-state index contributed by atoms with van der Waals surface area (Å²) in [6.45, 7) is 6.09. The van der Waals surface area contributed by atoms with E-state index in [9.17, 15) is 9.59 Å². The average Bonchev–Trinajstić information content (AvgIpc) is 3.21. The number of hydrogen-bond donors (Lipinski definition) is 0. The molecule has 4 rings (SSSR count). The van der Waals surface area contributed by atoms with Crippen molar-refractivity contribution in [3.05, 3.63) is 64.4 Å². The van der Waals surface area contributed by atoms with E-state index >= 15 is 0 Å². The lowest BCUT2D eigenvalue weighted by Gasteiger charge is -2.14. The van der Waals surface area contributed by atoms with Gasteiger partial charge < -0.3 is 4.74 Å². The lowest BCUT2D eigenvalue weighted by Crippen LogP contribution is -2.22. The highest BCUT2D eigenvalue weighted by atomic mass is 32.2. The quantitative estimate of drug-likeness (QED) is 0.333. The summed E-state index contributed by atoms with van der Waals surface area (Å²) >= 11 is 1.25. The van der Waals surface area contributed by atoms with E-state index in [-0.39, 0.29) is 11.5 Å². The second-order valence-corrected chi connectivity index (χ2v) is 8.77. The SMILES string of the molecule is CCC(C)c1ccc(-n2c(=O)c3ccccc3n3c(SC(C)C(=O)OC)nnc23)cc1. The van der Waals surface area contributed by atoms with Gasteiger partial charge in [-0.15, -0.1) is 10.2 Å². The van der Waals surface area contributed by atoms with Crippen LogP contribution in [-0.2, 0) is 9.53 Å². The van der Waals surface area contributed by atoms with E-state index in [0.29, 0.717) is 27.8 Å². The van der Waals surface area contributed by atoms with E-state index in [1.54, 1.807) is 17.6 Å². The maximum absolute atomic E-state index is 13.4. The summed E-state index contributed by atoms with van der Waals surface area (Å²) in [7, 11) is 1.36. The fraction of sp³-hybridized carbons (Fsp3) is 0.304. The van der Waals surface area contributed by atoms with Crippen molar-refractivity contribution < 1.29 is 9.53 Å². The maximum atomic E-state index is 13.4. The van der Waals surface area contributed by atoms with Crippen molar-refractivity contribution in [1.82, 2.24) is 19.2 Å². The summed E-state index contributed by atoms with van der Waals surface area (Å²) in [5, 5.41) is 9.22. The molecule has 31 heavy (non-hydrogen) atoms. The molecule has 2 aromatic heterocycles. The van der Waals surface area contributed by atoms with Crippen LogP contribution in [-0.4, -0.2) is 37.5 Å². The molecule has 0 radical (unpaired) electrons. The van der Waals surface area contributed by atoms with Gasteiger partial charge in [-0.2, -0.15) is 0 Å². The number of thioether (sulfide) groups is 1. The van der Waals surface area contributed by atoms with Crippen LogP contribution in [0.3, 0.4) is 0 Å². The maximum Gasteiger partial charge on any atom is 0.318 e. The molecule has 0 saturated heterocycles. The molecule has 160 valence electrons. The van der Waals surface area contributed by atoms with Gasteiger partial charge in [0.15, 0.2) is 5.16 Å². The van der Waals surface area contributed by atoms with Crippen LogP contribution in [0, 0.1) is 0 Å². The molecular weight excluding hydrogens is 412 g/mol. The largest absolute Gasteiger partial charge is 0.468 e. The molecule has 8 heteroatoms. The molecule has 0 aliphatic rings. The molecule has 7 nitrogen and oxygen atoms in total. The number of carbonyl (C=O) groups is 1. The van der Waals surface area contributed by atoms with E-state index in [4.69, 9.17) is 4.74 Å². The van der Waals surface area contributed by atoms with E-state index in [2.05, 4.69) is 24.0 Å². The first-order valence-electron chi connectivity index (χ1n) is 10.2. The summed E-state index contributed by atoms with van der Waals surface area (Å²) in [5.41, 5.74) is 2.47. The summed E-state index contributed by atoms with van der Waals surface area (Å²) in [6, 6.07) is 15.3. The van der Waals surface area contributed by atoms with Gasteiger partial charge in [-0.1, -0.05) is 49.9 Å². The Bertz CT molecular complexity index is 1310. The normalized spacial score (nSPS) is 13.4. The number of carbonyl (C=O) groups excluding carboxylic acids is 1. The second-order valence-electron chi connectivity index (χ2n) is 7.46. The molecule has 0 saturated carbocycles. The van der Waals surface area contributed by atoms with Gasteiger partial charge in [-0.25, -0.2) is 4.57 Å². The first-order chi connectivity index (χ1) is 15.0. The van der Waals surface area contributed by atoms with Gasteiger partial charge in [0.2, 0.25) is 5.78 Å². The van der Waals surface area contributed by atoms with Gasteiger partial charge in [-0.05, 0) is 49.1 Å². The van der Waals surface area contributed by atoms with Gasteiger partial charge >= 0.3 is 5.97 Å². The highest BCUT2D eigenvalue weighted by Gasteiger charge is 2.22. The van der Waals surface area contributed by atoms with Crippen LogP contribution in [0.15, 0.2) is 58.5 Å². The minimum Gasteiger partial charge on any atom is -0.468 e. The zero-order valence-electron chi connectivity index (χ0n) is 17.9. The lowest BCUT2D eigenvalue weighted by atomic mass is 9.98. The molecule has 2 aromatic carbocycles. The summed E-state index contributed by atoms with van der Waals surface area (Å²) in [6.07, 6.45) is 1.04. The predicted molar refractivity (Wildman–Crippen MR) is 122 cm³/mol. The Hall–Kier alpha value is -3.13. The lowest BCUT2D eigenvalue weighted by molar-refractivity contribution is -0.139. The van der Waals surface area contributed by atoms with E-state index in [0.717, 1.165) is 12.1 Å². The van der Waals surface area contributed by atoms with Crippen LogP contribution in [0.25, 0.3) is 22.4 Å². The van der Waals surface area contributed by atoms with Gasteiger partial charge in [0.25, 0.3) is 5.56 Å². The topological polar surface area (TPSA) is 78.5 Å². The average molecular weight is 437 g/mol. The minimum atomic E-state index is -0.466. The van der Waals surface area contributed by atoms with Crippen molar-refractivity contribution in [3.8, 4) is 5.69 Å². The number of rotatable bonds is 6. The number of aromatic nitrogens is 4. The van der Waals surface area contributed by atoms with Gasteiger partial charge in [0, 0.05) is 0 Å². The molecule has 0 fully saturated rings. The molecule has 0 bridgehead atoms. The molecule has 0 aliphatic carbocycles. The number of hydrogen-bond acceptors (Lipinski definition) is 6. The van der Waals surface area contributed by atoms with E-state index in [1.807, 2.05) is 46.9 Å². The molecule has 0 aliphatic heterocycles. The van der Waals surface area contributed by atoms with Gasteiger partial charge in [0.1, 0.15) is 5.25 Å². The van der Waals surface area contributed by atoms with Crippen molar-refractivity contribution in [1.29, 1.82) is 0 Å². The van der Waals surface area contributed by atoms with Gasteiger partial charge in [-0.3, -0.25) is 14.0 Å². The molecule has 2 unspecified atom stereocenters. The van der Waals surface area contributed by atoms with Crippen LogP contribution in [0.4, 0.5) is 0 Å². The smallest absolute Gasteiger partial charge is 0.318 e. The van der Waals surface area contributed by atoms with Crippen LogP contribution < -0.4 is 5.56 Å². The highest BCUT2D eigenvalue weighted by molar-refractivity contribution is 8.00.